The van der Waals surface area contributed by atoms with E-state index in [9.17, 15) is 14.4 Å². The van der Waals surface area contributed by atoms with E-state index < -0.39 is 43.3 Å². The molecule has 0 aromatic heterocycles. The number of ether oxygens (including phenoxy) is 6. The fourth-order valence-corrected chi connectivity index (χ4v) is 2.93. The molecule has 0 aromatic carbocycles. The molecule has 0 fully saturated rings. The van der Waals surface area contributed by atoms with Crippen molar-refractivity contribution in [2.24, 2.45) is 10.8 Å². The molecule has 0 aliphatic carbocycles. The molecular weight excluding hydrogens is 468 g/mol. The fraction of sp³-hybridized carbons (Fsp3) is 0.741. The maximum atomic E-state index is 12.2. The second-order valence-electron chi connectivity index (χ2n) is 10.2. The molecule has 0 bridgehead atoms. The van der Waals surface area contributed by atoms with Gasteiger partial charge in [0, 0.05) is 11.1 Å². The third-order valence-electron chi connectivity index (χ3n) is 5.52. The first-order chi connectivity index (χ1) is 16.4. The third kappa shape index (κ3) is 14.2. The highest BCUT2D eigenvalue weighted by atomic mass is 16.9. The van der Waals surface area contributed by atoms with Crippen LogP contribution in [0.2, 0.25) is 0 Å². The zero-order valence-corrected chi connectivity index (χ0v) is 24.1. The van der Waals surface area contributed by atoms with Crippen molar-refractivity contribution in [3.05, 3.63) is 23.3 Å². The van der Waals surface area contributed by atoms with Crippen molar-refractivity contribution in [1.29, 1.82) is 0 Å². The Hall–Kier alpha value is -2.39. The van der Waals surface area contributed by atoms with Gasteiger partial charge in [-0.3, -0.25) is 0 Å². The summed E-state index contributed by atoms with van der Waals surface area (Å²) in [6, 6.07) is 0. The van der Waals surface area contributed by atoms with E-state index in [-0.39, 0.29) is 10.8 Å². The van der Waals surface area contributed by atoms with Crippen LogP contribution in [0.25, 0.3) is 0 Å². The number of allylic oxidation sites excluding steroid dienone is 2. The van der Waals surface area contributed by atoms with E-state index in [1.54, 1.807) is 13.8 Å². The van der Waals surface area contributed by atoms with Gasteiger partial charge in [0.2, 0.25) is 25.2 Å². The van der Waals surface area contributed by atoms with Gasteiger partial charge >= 0.3 is 18.1 Å². The van der Waals surface area contributed by atoms with Crippen LogP contribution in [-0.2, 0) is 38.0 Å². The van der Waals surface area contributed by atoms with Crippen LogP contribution in [0, 0.1) is 10.8 Å². The smallest absolute Gasteiger partial charge is 0.433 e. The molecule has 0 aromatic rings. The standard InChI is InChI=1S/C27H46O9/c1-13-26(9,10)15-17(3)23(28)33-19(5)31-21(7)35-25(30)36-22(8)32-20(6)34-24(29)18(4)16-27(11,12)14-2/h15-16,19-22H,13-14H2,1-12H3/b17-15-,18-16-. The van der Waals surface area contributed by atoms with Gasteiger partial charge < -0.3 is 28.4 Å². The zero-order valence-electron chi connectivity index (χ0n) is 24.1. The van der Waals surface area contributed by atoms with E-state index in [1.165, 1.54) is 27.7 Å². The van der Waals surface area contributed by atoms with Crippen molar-refractivity contribution in [2.75, 3.05) is 0 Å². The number of rotatable bonds is 14. The summed E-state index contributed by atoms with van der Waals surface area (Å²) in [5, 5.41) is 0. The normalized spacial score (nSPS) is 16.4. The van der Waals surface area contributed by atoms with Gasteiger partial charge in [-0.2, -0.15) is 0 Å². The molecule has 0 aliphatic heterocycles. The summed E-state index contributed by atoms with van der Waals surface area (Å²) in [6.07, 6.45) is 0.329. The third-order valence-corrected chi connectivity index (χ3v) is 5.52. The van der Waals surface area contributed by atoms with Crippen LogP contribution in [0.3, 0.4) is 0 Å². The zero-order chi connectivity index (χ0) is 28.3. The maximum Gasteiger partial charge on any atom is 0.512 e. The Morgan fingerprint density at radius 3 is 1.17 bits per heavy atom. The topological polar surface area (TPSA) is 107 Å². The molecule has 0 aliphatic rings. The highest BCUT2D eigenvalue weighted by molar-refractivity contribution is 5.88. The molecule has 0 rings (SSSR count). The minimum Gasteiger partial charge on any atom is -0.433 e. The molecule has 0 saturated carbocycles. The number of carbonyl (C=O) groups is 3. The van der Waals surface area contributed by atoms with Crippen LogP contribution in [0.4, 0.5) is 4.79 Å². The van der Waals surface area contributed by atoms with E-state index in [4.69, 9.17) is 28.4 Å². The average Bonchev–Trinajstić information content (AvgIpc) is 2.72. The number of esters is 2. The summed E-state index contributed by atoms with van der Waals surface area (Å²) in [5.74, 6) is -1.04. The van der Waals surface area contributed by atoms with Crippen molar-refractivity contribution in [3.63, 3.8) is 0 Å². The van der Waals surface area contributed by atoms with Crippen LogP contribution in [0.15, 0.2) is 23.3 Å². The summed E-state index contributed by atoms with van der Waals surface area (Å²) in [6.45, 7) is 21.4. The summed E-state index contributed by atoms with van der Waals surface area (Å²) in [4.78, 5) is 36.5. The second kappa shape index (κ2) is 15.0. The van der Waals surface area contributed by atoms with Gasteiger partial charge in [0.05, 0.1) is 0 Å². The van der Waals surface area contributed by atoms with E-state index in [0.29, 0.717) is 11.1 Å². The minimum atomic E-state index is -1.06. The van der Waals surface area contributed by atoms with E-state index in [2.05, 4.69) is 0 Å². The molecule has 0 saturated heterocycles. The number of hydrogen-bond donors (Lipinski definition) is 0. The molecule has 0 heterocycles. The van der Waals surface area contributed by atoms with Crippen molar-refractivity contribution < 1.29 is 42.8 Å². The summed E-state index contributed by atoms with van der Waals surface area (Å²) in [5.41, 5.74) is 0.657. The Bertz CT molecular complexity index is 731. The Morgan fingerprint density at radius 1 is 0.611 bits per heavy atom. The van der Waals surface area contributed by atoms with Gasteiger partial charge in [0.15, 0.2) is 0 Å². The molecule has 208 valence electrons. The quantitative estimate of drug-likeness (QED) is 0.112. The van der Waals surface area contributed by atoms with Crippen molar-refractivity contribution in [1.82, 2.24) is 0 Å². The molecule has 0 spiro atoms. The van der Waals surface area contributed by atoms with Crippen LogP contribution in [-0.4, -0.2) is 43.3 Å². The molecule has 9 heteroatoms. The SMILES string of the molecule is CCC(C)(C)/C=C(/C)C(=O)OC(C)OC(C)OC(=O)OC(C)OC(C)OC(=O)/C(C)=C\C(C)(C)CC. The van der Waals surface area contributed by atoms with Gasteiger partial charge in [-0.05, 0) is 65.2 Å². The molecular formula is C27H46O9. The van der Waals surface area contributed by atoms with E-state index >= 15 is 0 Å². The molecule has 0 radical (unpaired) electrons. The predicted molar refractivity (Wildman–Crippen MR) is 135 cm³/mol. The summed E-state index contributed by atoms with van der Waals surface area (Å²) >= 11 is 0. The van der Waals surface area contributed by atoms with E-state index in [0.717, 1.165) is 12.8 Å². The molecule has 4 atom stereocenters. The molecule has 0 amide bonds. The van der Waals surface area contributed by atoms with E-state index in [1.807, 2.05) is 53.7 Å². The molecule has 9 nitrogen and oxygen atoms in total. The fourth-order valence-electron chi connectivity index (χ4n) is 2.93. The lowest BCUT2D eigenvalue weighted by atomic mass is 9.88. The average molecular weight is 515 g/mol. The Labute approximate surface area is 216 Å². The molecule has 36 heavy (non-hydrogen) atoms. The lowest BCUT2D eigenvalue weighted by molar-refractivity contribution is -0.234. The van der Waals surface area contributed by atoms with Crippen LogP contribution >= 0.6 is 0 Å². The first-order valence-electron chi connectivity index (χ1n) is 12.4. The second-order valence-corrected chi connectivity index (χ2v) is 10.2. The molecule has 4 unspecified atom stereocenters. The predicted octanol–water partition coefficient (Wildman–Crippen LogP) is 6.41. The monoisotopic (exact) mass is 514 g/mol. The van der Waals surface area contributed by atoms with Gasteiger partial charge in [0.25, 0.3) is 0 Å². The van der Waals surface area contributed by atoms with Crippen LogP contribution < -0.4 is 0 Å². The Balaban J connectivity index is 4.58. The Kier molecular flexibility index (Phi) is 14.0. The first-order valence-corrected chi connectivity index (χ1v) is 12.4. The lowest BCUT2D eigenvalue weighted by Crippen LogP contribution is -2.30. The first kappa shape index (κ1) is 33.6. The van der Waals surface area contributed by atoms with Crippen molar-refractivity contribution >= 4 is 18.1 Å². The number of hydrogen-bond acceptors (Lipinski definition) is 9. The van der Waals surface area contributed by atoms with Gasteiger partial charge in [0.1, 0.15) is 0 Å². The maximum absolute atomic E-state index is 12.2. The van der Waals surface area contributed by atoms with Crippen molar-refractivity contribution in [2.45, 2.75) is 121 Å². The summed E-state index contributed by atoms with van der Waals surface area (Å²) in [7, 11) is 0. The van der Waals surface area contributed by atoms with Gasteiger partial charge in [-0.15, -0.1) is 0 Å². The minimum absolute atomic E-state index is 0.135. The highest BCUT2D eigenvalue weighted by Crippen LogP contribution is 2.24. The van der Waals surface area contributed by atoms with Gasteiger partial charge in [-0.1, -0.05) is 53.7 Å². The van der Waals surface area contributed by atoms with Crippen LogP contribution in [0.5, 0.6) is 0 Å². The van der Waals surface area contributed by atoms with Crippen LogP contribution in [0.1, 0.15) is 95.9 Å². The lowest BCUT2D eigenvalue weighted by Gasteiger charge is -2.23. The number of carbonyl (C=O) groups excluding carboxylic acids is 3. The summed E-state index contributed by atoms with van der Waals surface area (Å²) < 4.78 is 31.3. The Morgan fingerprint density at radius 2 is 0.889 bits per heavy atom. The van der Waals surface area contributed by atoms with Gasteiger partial charge in [-0.25, -0.2) is 14.4 Å². The largest absolute Gasteiger partial charge is 0.512 e. The highest BCUT2D eigenvalue weighted by Gasteiger charge is 2.23. The van der Waals surface area contributed by atoms with Crippen molar-refractivity contribution in [3.8, 4) is 0 Å². The molecule has 0 N–H and O–H groups in total.